The van der Waals surface area contributed by atoms with Crippen LogP contribution in [0.5, 0.6) is 5.75 Å². The van der Waals surface area contributed by atoms with Crippen LogP contribution in [0.25, 0.3) is 0 Å². The molecule has 5 heteroatoms. The quantitative estimate of drug-likeness (QED) is 0.647. The van der Waals surface area contributed by atoms with Crippen molar-refractivity contribution in [3.8, 4) is 5.75 Å². The summed E-state index contributed by atoms with van der Waals surface area (Å²) in [5, 5.41) is 3.36. The van der Waals surface area contributed by atoms with Crippen molar-refractivity contribution in [3.05, 3.63) is 29.8 Å². The molecule has 1 N–H and O–H groups in total. The predicted octanol–water partition coefficient (Wildman–Crippen LogP) is 1.69. The lowest BCUT2D eigenvalue weighted by molar-refractivity contribution is -0.131. The van der Waals surface area contributed by atoms with Gasteiger partial charge in [-0.25, -0.2) is 0 Å². The van der Waals surface area contributed by atoms with Crippen molar-refractivity contribution in [2.75, 3.05) is 19.8 Å². The van der Waals surface area contributed by atoms with Crippen molar-refractivity contribution in [2.45, 2.75) is 13.0 Å². The van der Waals surface area contributed by atoms with E-state index in [1.54, 1.807) is 12.1 Å². The highest BCUT2D eigenvalue weighted by Gasteiger charge is 2.14. The molecule has 1 aromatic carbocycles. The number of morpholine rings is 1. The van der Waals surface area contributed by atoms with Crippen molar-refractivity contribution in [3.63, 3.8) is 0 Å². The van der Waals surface area contributed by atoms with Crippen LogP contribution in [0.4, 0.5) is 0 Å². The number of nitrogens with one attached hydrogen (secondary N) is 1. The molecule has 94 valence electrons. The first-order chi connectivity index (χ1) is 7.75. The Bertz CT molecular complexity index is 361. The molecule has 2 rings (SSSR count). The molecule has 0 spiro atoms. The lowest BCUT2D eigenvalue weighted by atomic mass is 10.1. The molecule has 0 bridgehead atoms. The number of halogens is 1. The molecule has 0 aromatic heterocycles. The molecule has 0 amide bonds. The molecule has 0 aliphatic carbocycles. The Morgan fingerprint density at radius 1 is 1.41 bits per heavy atom. The van der Waals surface area contributed by atoms with E-state index < -0.39 is 0 Å². The zero-order valence-electron chi connectivity index (χ0n) is 9.64. The number of rotatable bonds is 2. The van der Waals surface area contributed by atoms with E-state index in [0.29, 0.717) is 12.4 Å². The predicted molar refractivity (Wildman–Crippen MR) is 66.6 cm³/mol. The van der Waals surface area contributed by atoms with E-state index in [-0.39, 0.29) is 24.4 Å². The first-order valence-corrected chi connectivity index (χ1v) is 5.35. The minimum atomic E-state index is -0.299. The maximum Gasteiger partial charge on any atom is 0.308 e. The van der Waals surface area contributed by atoms with Crippen molar-refractivity contribution < 1.29 is 14.3 Å². The van der Waals surface area contributed by atoms with Crippen molar-refractivity contribution >= 4 is 18.4 Å². The molecule has 1 aliphatic heterocycles. The number of carbonyl (C=O) groups excluding carboxylic acids is 1. The van der Waals surface area contributed by atoms with Gasteiger partial charge in [0.15, 0.2) is 0 Å². The summed E-state index contributed by atoms with van der Waals surface area (Å²) in [6.07, 6.45) is 0. The second kappa shape index (κ2) is 6.59. The van der Waals surface area contributed by atoms with E-state index >= 15 is 0 Å². The summed E-state index contributed by atoms with van der Waals surface area (Å²) in [4.78, 5) is 10.7. The van der Waals surface area contributed by atoms with Gasteiger partial charge in [0.25, 0.3) is 0 Å². The summed E-state index contributed by atoms with van der Waals surface area (Å²) in [5.74, 6) is 0.278. The molecule has 1 fully saturated rings. The molecular formula is C12H16ClNO3. The van der Waals surface area contributed by atoms with Gasteiger partial charge in [-0.15, -0.1) is 12.4 Å². The van der Waals surface area contributed by atoms with Crippen molar-refractivity contribution in [1.29, 1.82) is 0 Å². The number of esters is 1. The molecule has 1 saturated heterocycles. The van der Waals surface area contributed by atoms with Crippen LogP contribution in [0.3, 0.4) is 0 Å². The Morgan fingerprint density at radius 3 is 2.65 bits per heavy atom. The van der Waals surface area contributed by atoms with E-state index in [1.807, 2.05) is 12.1 Å². The van der Waals surface area contributed by atoms with Crippen LogP contribution in [0, 0.1) is 0 Å². The normalized spacial score (nSPS) is 19.2. The van der Waals surface area contributed by atoms with Crippen LogP contribution in [0.15, 0.2) is 24.3 Å². The smallest absolute Gasteiger partial charge is 0.308 e. The Labute approximate surface area is 107 Å². The first-order valence-electron chi connectivity index (χ1n) is 5.35. The van der Waals surface area contributed by atoms with Gasteiger partial charge >= 0.3 is 5.97 Å². The Hall–Kier alpha value is -1.10. The molecule has 1 aromatic rings. The van der Waals surface area contributed by atoms with Gasteiger partial charge in [0.05, 0.1) is 19.3 Å². The maximum atomic E-state index is 10.7. The highest BCUT2D eigenvalue weighted by molar-refractivity contribution is 5.85. The van der Waals surface area contributed by atoms with Gasteiger partial charge in [0.1, 0.15) is 5.75 Å². The molecule has 0 radical (unpaired) electrons. The SMILES string of the molecule is CC(=O)Oc1ccc([C@@H]2COCCN2)cc1.Cl. The second-order valence-electron chi connectivity index (χ2n) is 3.74. The molecule has 17 heavy (non-hydrogen) atoms. The zero-order valence-corrected chi connectivity index (χ0v) is 10.5. The standard InChI is InChI=1S/C12H15NO3.ClH/c1-9(14)16-11-4-2-10(3-5-11)12-8-15-7-6-13-12;/h2-5,12-13H,6-8H2,1H3;1H/t12-;/m0./s1. The van der Waals surface area contributed by atoms with E-state index in [4.69, 9.17) is 9.47 Å². The lowest BCUT2D eigenvalue weighted by Crippen LogP contribution is -2.34. The monoisotopic (exact) mass is 257 g/mol. The minimum absolute atomic E-state index is 0. The summed E-state index contributed by atoms with van der Waals surface area (Å²) < 4.78 is 10.3. The number of carbonyl (C=O) groups is 1. The fourth-order valence-corrected chi connectivity index (χ4v) is 1.71. The highest BCUT2D eigenvalue weighted by atomic mass is 35.5. The maximum absolute atomic E-state index is 10.7. The van der Waals surface area contributed by atoms with Gasteiger partial charge in [0, 0.05) is 13.5 Å². The molecule has 1 atom stereocenters. The summed E-state index contributed by atoms with van der Waals surface area (Å²) in [5.41, 5.74) is 1.15. The van der Waals surface area contributed by atoms with Crippen LogP contribution < -0.4 is 10.1 Å². The second-order valence-corrected chi connectivity index (χ2v) is 3.74. The minimum Gasteiger partial charge on any atom is -0.427 e. The lowest BCUT2D eigenvalue weighted by Gasteiger charge is -2.24. The average Bonchev–Trinajstić information content (AvgIpc) is 2.30. The van der Waals surface area contributed by atoms with Crippen LogP contribution in [0.1, 0.15) is 18.5 Å². The average molecular weight is 258 g/mol. The number of benzene rings is 1. The van der Waals surface area contributed by atoms with Crippen molar-refractivity contribution in [2.24, 2.45) is 0 Å². The van der Waals surface area contributed by atoms with Crippen LogP contribution >= 0.6 is 12.4 Å². The molecule has 4 nitrogen and oxygen atoms in total. The Morgan fingerprint density at radius 2 is 2.12 bits per heavy atom. The molecule has 0 saturated carbocycles. The van der Waals surface area contributed by atoms with Crippen LogP contribution in [0.2, 0.25) is 0 Å². The molecular weight excluding hydrogens is 242 g/mol. The third kappa shape index (κ3) is 4.00. The van der Waals surface area contributed by atoms with E-state index in [1.165, 1.54) is 6.92 Å². The topological polar surface area (TPSA) is 47.6 Å². The van der Waals surface area contributed by atoms with E-state index in [2.05, 4.69) is 5.32 Å². The summed E-state index contributed by atoms with van der Waals surface area (Å²) in [6.45, 7) is 3.72. The van der Waals surface area contributed by atoms with Gasteiger partial charge in [-0.05, 0) is 17.7 Å². The largest absolute Gasteiger partial charge is 0.427 e. The fourth-order valence-electron chi connectivity index (χ4n) is 1.71. The highest BCUT2D eigenvalue weighted by Crippen LogP contribution is 2.19. The molecule has 0 unspecified atom stereocenters. The summed E-state index contributed by atoms with van der Waals surface area (Å²) in [6, 6.07) is 7.73. The fraction of sp³-hybridized carbons (Fsp3) is 0.417. The van der Waals surface area contributed by atoms with Gasteiger partial charge in [0.2, 0.25) is 0 Å². The first kappa shape index (κ1) is 14.0. The van der Waals surface area contributed by atoms with Crippen LogP contribution in [-0.4, -0.2) is 25.7 Å². The van der Waals surface area contributed by atoms with Gasteiger partial charge < -0.3 is 14.8 Å². The number of hydrogen-bond acceptors (Lipinski definition) is 4. The van der Waals surface area contributed by atoms with Gasteiger partial charge in [-0.3, -0.25) is 4.79 Å². The Kier molecular flexibility index (Phi) is 5.41. The van der Waals surface area contributed by atoms with E-state index in [0.717, 1.165) is 18.7 Å². The summed E-state index contributed by atoms with van der Waals surface area (Å²) in [7, 11) is 0. The number of ether oxygens (including phenoxy) is 2. The van der Waals surface area contributed by atoms with Crippen LogP contribution in [-0.2, 0) is 9.53 Å². The molecule has 1 heterocycles. The third-order valence-electron chi connectivity index (χ3n) is 2.47. The van der Waals surface area contributed by atoms with E-state index in [9.17, 15) is 4.79 Å². The molecule has 1 aliphatic rings. The third-order valence-corrected chi connectivity index (χ3v) is 2.47. The zero-order chi connectivity index (χ0) is 11.4. The summed E-state index contributed by atoms with van der Waals surface area (Å²) >= 11 is 0. The van der Waals surface area contributed by atoms with Gasteiger partial charge in [-0.1, -0.05) is 12.1 Å². The van der Waals surface area contributed by atoms with Crippen molar-refractivity contribution in [1.82, 2.24) is 5.32 Å². The Balaban J connectivity index is 0.00000144. The van der Waals surface area contributed by atoms with Gasteiger partial charge in [-0.2, -0.15) is 0 Å². The number of hydrogen-bond donors (Lipinski definition) is 1.